The zero-order chi connectivity index (χ0) is 6.69. The van der Waals surface area contributed by atoms with Crippen molar-refractivity contribution in [3.8, 4) is 6.07 Å². The summed E-state index contributed by atoms with van der Waals surface area (Å²) in [6, 6.07) is 1.94. The highest BCUT2D eigenvalue weighted by Crippen LogP contribution is 2.13. The molecule has 1 aliphatic rings. The number of hydrogen-bond acceptors (Lipinski definition) is 2. The highest BCUT2D eigenvalue weighted by atomic mass is 19.1. The van der Waals surface area contributed by atoms with Gasteiger partial charge in [-0.05, 0) is 13.0 Å². The summed E-state index contributed by atoms with van der Waals surface area (Å²) >= 11 is 0. The maximum Gasteiger partial charge on any atom is 0.128 e. The molecule has 0 aromatic carbocycles. The number of nitrogens with one attached hydrogen (secondary N) is 1. The van der Waals surface area contributed by atoms with E-state index >= 15 is 0 Å². The van der Waals surface area contributed by atoms with Crippen molar-refractivity contribution in [3.05, 3.63) is 0 Å². The number of nitrogens with zero attached hydrogens (tertiary/aromatic N) is 1. The quantitative estimate of drug-likeness (QED) is 0.514. The number of alkyl halides is 1. The second-order valence-corrected chi connectivity index (χ2v) is 2.24. The van der Waals surface area contributed by atoms with Gasteiger partial charge in [0.1, 0.15) is 6.17 Å². The predicted molar refractivity (Wildman–Crippen MR) is 31.5 cm³/mol. The van der Waals surface area contributed by atoms with Gasteiger partial charge >= 0.3 is 0 Å². The summed E-state index contributed by atoms with van der Waals surface area (Å²) in [5.74, 6) is -0.369. The molecule has 3 heteroatoms. The summed E-state index contributed by atoms with van der Waals surface area (Å²) in [5.41, 5.74) is 0. The van der Waals surface area contributed by atoms with Crippen molar-refractivity contribution in [3.63, 3.8) is 0 Å². The molecule has 1 fully saturated rings. The van der Waals surface area contributed by atoms with E-state index in [1.165, 1.54) is 0 Å². The van der Waals surface area contributed by atoms with E-state index in [0.29, 0.717) is 13.0 Å². The third kappa shape index (κ3) is 1.39. The molecule has 0 bridgehead atoms. The molecule has 0 radical (unpaired) electrons. The molecule has 1 aliphatic heterocycles. The van der Waals surface area contributed by atoms with Crippen molar-refractivity contribution >= 4 is 0 Å². The summed E-state index contributed by atoms with van der Waals surface area (Å²) in [7, 11) is 0. The highest BCUT2D eigenvalue weighted by Gasteiger charge is 2.23. The van der Waals surface area contributed by atoms with Crippen LogP contribution in [-0.4, -0.2) is 19.3 Å². The summed E-state index contributed by atoms with van der Waals surface area (Å²) in [5, 5.41) is 11.2. The maximum absolute atomic E-state index is 12.6. The number of rotatable bonds is 0. The second kappa shape index (κ2) is 2.79. The van der Waals surface area contributed by atoms with E-state index in [2.05, 4.69) is 5.32 Å². The molecule has 0 aliphatic carbocycles. The fourth-order valence-corrected chi connectivity index (χ4v) is 0.966. The van der Waals surface area contributed by atoms with Crippen LogP contribution in [0.25, 0.3) is 0 Å². The van der Waals surface area contributed by atoms with Crippen LogP contribution in [0.5, 0.6) is 0 Å². The average Bonchev–Trinajstić information content (AvgIpc) is 1.89. The van der Waals surface area contributed by atoms with E-state index < -0.39 is 6.17 Å². The fraction of sp³-hybridized carbons (Fsp3) is 0.833. The van der Waals surface area contributed by atoms with Crippen molar-refractivity contribution in [2.45, 2.75) is 12.6 Å². The van der Waals surface area contributed by atoms with Gasteiger partial charge < -0.3 is 5.32 Å². The van der Waals surface area contributed by atoms with Crippen molar-refractivity contribution in [2.24, 2.45) is 5.92 Å². The molecular weight excluding hydrogens is 119 g/mol. The molecule has 2 unspecified atom stereocenters. The van der Waals surface area contributed by atoms with E-state index in [1.807, 2.05) is 6.07 Å². The van der Waals surface area contributed by atoms with Gasteiger partial charge in [0.15, 0.2) is 0 Å². The summed E-state index contributed by atoms with van der Waals surface area (Å²) in [6.45, 7) is 1.12. The van der Waals surface area contributed by atoms with Gasteiger partial charge in [-0.1, -0.05) is 0 Å². The zero-order valence-corrected chi connectivity index (χ0v) is 5.10. The third-order valence-corrected chi connectivity index (χ3v) is 1.57. The Bertz CT molecular complexity index is 130. The molecule has 2 atom stereocenters. The van der Waals surface area contributed by atoms with E-state index in [9.17, 15) is 4.39 Å². The van der Waals surface area contributed by atoms with E-state index in [1.54, 1.807) is 0 Å². The zero-order valence-electron chi connectivity index (χ0n) is 5.10. The highest BCUT2D eigenvalue weighted by molar-refractivity contribution is 4.92. The molecule has 1 rings (SSSR count). The number of piperidine rings is 1. The Morgan fingerprint density at radius 3 is 2.89 bits per heavy atom. The van der Waals surface area contributed by atoms with Gasteiger partial charge in [0.25, 0.3) is 0 Å². The van der Waals surface area contributed by atoms with Gasteiger partial charge in [0.2, 0.25) is 0 Å². The minimum atomic E-state index is -0.955. The normalized spacial score (nSPS) is 35.6. The Hall–Kier alpha value is -0.620. The first-order chi connectivity index (χ1) is 4.34. The van der Waals surface area contributed by atoms with Gasteiger partial charge in [-0.25, -0.2) is 4.39 Å². The summed E-state index contributed by atoms with van der Waals surface area (Å²) in [6.07, 6.45) is -0.304. The van der Waals surface area contributed by atoms with Crippen LogP contribution < -0.4 is 5.32 Å². The van der Waals surface area contributed by atoms with Gasteiger partial charge in [0.05, 0.1) is 12.0 Å². The van der Waals surface area contributed by atoms with Gasteiger partial charge in [-0.3, -0.25) is 0 Å². The third-order valence-electron chi connectivity index (χ3n) is 1.57. The molecule has 1 saturated heterocycles. The first-order valence-electron chi connectivity index (χ1n) is 3.09. The Morgan fingerprint density at radius 1 is 1.67 bits per heavy atom. The van der Waals surface area contributed by atoms with Crippen LogP contribution >= 0.6 is 0 Å². The van der Waals surface area contributed by atoms with Crippen molar-refractivity contribution in [1.29, 1.82) is 5.26 Å². The van der Waals surface area contributed by atoms with Crippen molar-refractivity contribution in [1.82, 2.24) is 5.32 Å². The first-order valence-corrected chi connectivity index (χ1v) is 3.09. The molecule has 1 N–H and O–H groups in total. The van der Waals surface area contributed by atoms with E-state index in [4.69, 9.17) is 5.26 Å². The van der Waals surface area contributed by atoms with Crippen LogP contribution in [0.15, 0.2) is 0 Å². The van der Waals surface area contributed by atoms with Crippen LogP contribution in [0.4, 0.5) is 4.39 Å². The molecule has 50 valence electrons. The number of halogens is 1. The first kappa shape index (κ1) is 6.50. The molecule has 9 heavy (non-hydrogen) atoms. The molecule has 0 saturated carbocycles. The largest absolute Gasteiger partial charge is 0.314 e. The topological polar surface area (TPSA) is 35.8 Å². The number of hydrogen-bond donors (Lipinski definition) is 1. The summed E-state index contributed by atoms with van der Waals surface area (Å²) < 4.78 is 12.6. The molecule has 0 amide bonds. The van der Waals surface area contributed by atoms with Crippen LogP contribution in [0.3, 0.4) is 0 Å². The second-order valence-electron chi connectivity index (χ2n) is 2.24. The molecule has 1 heterocycles. The molecular formula is C6H9FN2. The Kier molecular flexibility index (Phi) is 2.01. The molecule has 0 spiro atoms. The summed E-state index contributed by atoms with van der Waals surface area (Å²) in [4.78, 5) is 0. The minimum absolute atomic E-state index is 0.345. The standard InChI is InChI=1S/C6H9FN2/c7-6-4-9-2-1-5(6)3-8/h5-6,9H,1-2,4H2. The van der Waals surface area contributed by atoms with Crippen LogP contribution in [0, 0.1) is 17.2 Å². The van der Waals surface area contributed by atoms with Crippen molar-refractivity contribution in [2.75, 3.05) is 13.1 Å². The van der Waals surface area contributed by atoms with E-state index in [0.717, 1.165) is 6.54 Å². The molecule has 0 aromatic heterocycles. The average molecular weight is 128 g/mol. The van der Waals surface area contributed by atoms with Crippen LogP contribution in [0.1, 0.15) is 6.42 Å². The van der Waals surface area contributed by atoms with Crippen LogP contribution in [0.2, 0.25) is 0 Å². The van der Waals surface area contributed by atoms with Gasteiger partial charge in [-0.15, -0.1) is 0 Å². The molecule has 0 aromatic rings. The molecule has 2 nitrogen and oxygen atoms in total. The monoisotopic (exact) mass is 128 g/mol. The Morgan fingerprint density at radius 2 is 2.44 bits per heavy atom. The SMILES string of the molecule is N#CC1CCNCC1F. The predicted octanol–water partition coefficient (Wildman–Crippen LogP) is 0.458. The smallest absolute Gasteiger partial charge is 0.128 e. The van der Waals surface area contributed by atoms with E-state index in [-0.39, 0.29) is 5.92 Å². The lowest BCUT2D eigenvalue weighted by atomic mass is 9.98. The maximum atomic E-state index is 12.6. The van der Waals surface area contributed by atoms with Gasteiger partial charge in [0, 0.05) is 6.54 Å². The minimum Gasteiger partial charge on any atom is -0.314 e. The lowest BCUT2D eigenvalue weighted by Gasteiger charge is -2.20. The van der Waals surface area contributed by atoms with Gasteiger partial charge in [-0.2, -0.15) is 5.26 Å². The number of nitriles is 1. The van der Waals surface area contributed by atoms with Crippen molar-refractivity contribution < 1.29 is 4.39 Å². The Labute approximate surface area is 53.7 Å². The van der Waals surface area contributed by atoms with Crippen LogP contribution in [-0.2, 0) is 0 Å². The Balaban J connectivity index is 2.41. The lowest BCUT2D eigenvalue weighted by Crippen LogP contribution is -2.37. The lowest BCUT2D eigenvalue weighted by molar-refractivity contribution is 0.218. The fourth-order valence-electron chi connectivity index (χ4n) is 0.966.